The summed E-state index contributed by atoms with van der Waals surface area (Å²) in [6.07, 6.45) is -0.0598. The van der Waals surface area contributed by atoms with Crippen LogP contribution in [0.15, 0.2) is 22.7 Å². The Morgan fingerprint density at radius 1 is 1.40 bits per heavy atom. The standard InChI is InChI=1S/C14H15BrN2O3/c1-16-4-5-20-10(7-16)8-17-12-6-9(15)2-3-11(12)13(18)14(17)19/h2-3,6,10H,4-5,7-8H2,1H3. The maximum Gasteiger partial charge on any atom is 0.299 e. The van der Waals surface area contributed by atoms with Gasteiger partial charge in [0.1, 0.15) is 0 Å². The second-order valence-corrected chi connectivity index (χ2v) is 6.08. The van der Waals surface area contributed by atoms with Crippen LogP contribution in [0, 0.1) is 0 Å². The Morgan fingerprint density at radius 3 is 2.95 bits per heavy atom. The predicted molar refractivity (Wildman–Crippen MR) is 78.1 cm³/mol. The van der Waals surface area contributed by atoms with Crippen LogP contribution in [-0.4, -0.2) is 56.0 Å². The van der Waals surface area contributed by atoms with Crippen molar-refractivity contribution in [3.63, 3.8) is 0 Å². The van der Waals surface area contributed by atoms with E-state index in [-0.39, 0.29) is 6.10 Å². The van der Waals surface area contributed by atoms with Gasteiger partial charge in [0.05, 0.1) is 30.5 Å². The van der Waals surface area contributed by atoms with Crippen LogP contribution in [0.2, 0.25) is 0 Å². The Hall–Kier alpha value is -1.24. The SMILES string of the molecule is CN1CCOC(CN2C(=O)C(=O)c3ccc(Br)cc32)C1. The monoisotopic (exact) mass is 338 g/mol. The van der Waals surface area contributed by atoms with E-state index >= 15 is 0 Å². The number of carbonyl (C=O) groups excluding carboxylic acids is 2. The molecule has 3 rings (SSSR count). The van der Waals surface area contributed by atoms with E-state index in [4.69, 9.17) is 4.74 Å². The molecule has 0 aromatic heterocycles. The number of rotatable bonds is 2. The third-order valence-corrected chi connectivity index (χ3v) is 4.16. The van der Waals surface area contributed by atoms with Gasteiger partial charge >= 0.3 is 0 Å². The van der Waals surface area contributed by atoms with Gasteiger partial charge in [0, 0.05) is 17.6 Å². The lowest BCUT2D eigenvalue weighted by molar-refractivity contribution is -0.115. The molecule has 106 valence electrons. The minimum atomic E-state index is -0.463. The second kappa shape index (κ2) is 5.27. The largest absolute Gasteiger partial charge is 0.374 e. The van der Waals surface area contributed by atoms with Crippen molar-refractivity contribution in [3.8, 4) is 0 Å². The van der Waals surface area contributed by atoms with E-state index in [1.165, 1.54) is 4.90 Å². The molecule has 2 heterocycles. The Labute approximate surface area is 125 Å². The van der Waals surface area contributed by atoms with Crippen LogP contribution in [-0.2, 0) is 9.53 Å². The molecule has 1 atom stereocenters. The molecule has 1 fully saturated rings. The lowest BCUT2D eigenvalue weighted by Crippen LogP contribution is -2.47. The van der Waals surface area contributed by atoms with Gasteiger partial charge < -0.3 is 14.5 Å². The molecule has 1 aromatic rings. The summed E-state index contributed by atoms with van der Waals surface area (Å²) in [6, 6.07) is 5.27. The fourth-order valence-corrected chi connectivity index (χ4v) is 2.98. The molecule has 5 nitrogen and oxygen atoms in total. The van der Waals surface area contributed by atoms with E-state index in [9.17, 15) is 9.59 Å². The molecular formula is C14H15BrN2O3. The Morgan fingerprint density at radius 2 is 2.20 bits per heavy atom. The molecule has 1 aromatic carbocycles. The molecule has 1 unspecified atom stereocenters. The highest BCUT2D eigenvalue weighted by molar-refractivity contribution is 9.10. The topological polar surface area (TPSA) is 49.9 Å². The van der Waals surface area contributed by atoms with E-state index in [0.29, 0.717) is 24.4 Å². The van der Waals surface area contributed by atoms with Crippen LogP contribution in [0.4, 0.5) is 5.69 Å². The zero-order valence-corrected chi connectivity index (χ0v) is 12.7. The molecule has 1 saturated heterocycles. The molecule has 0 N–H and O–H groups in total. The molecule has 0 aliphatic carbocycles. The van der Waals surface area contributed by atoms with Gasteiger partial charge in [-0.1, -0.05) is 15.9 Å². The zero-order chi connectivity index (χ0) is 14.3. The molecular weight excluding hydrogens is 324 g/mol. The fourth-order valence-electron chi connectivity index (χ4n) is 2.63. The summed E-state index contributed by atoms with van der Waals surface area (Å²) in [4.78, 5) is 27.8. The third-order valence-electron chi connectivity index (χ3n) is 3.66. The van der Waals surface area contributed by atoms with Crippen molar-refractivity contribution in [2.45, 2.75) is 6.10 Å². The lowest BCUT2D eigenvalue weighted by Gasteiger charge is -2.32. The van der Waals surface area contributed by atoms with Crippen LogP contribution in [0.3, 0.4) is 0 Å². The van der Waals surface area contributed by atoms with Gasteiger partial charge in [0.2, 0.25) is 0 Å². The van der Waals surface area contributed by atoms with E-state index in [2.05, 4.69) is 20.8 Å². The number of carbonyl (C=O) groups is 2. The average molecular weight is 339 g/mol. The molecule has 2 aliphatic rings. The number of fused-ring (bicyclic) bond motifs is 1. The molecule has 1 amide bonds. The Kier molecular flexibility index (Phi) is 3.62. The van der Waals surface area contributed by atoms with E-state index in [1.807, 2.05) is 13.1 Å². The number of amides is 1. The van der Waals surface area contributed by atoms with Crippen molar-refractivity contribution in [1.29, 1.82) is 0 Å². The number of benzene rings is 1. The number of anilines is 1. The number of halogens is 1. The highest BCUT2D eigenvalue weighted by Crippen LogP contribution is 2.32. The van der Waals surface area contributed by atoms with E-state index < -0.39 is 11.7 Å². The van der Waals surface area contributed by atoms with Gasteiger partial charge in [-0.2, -0.15) is 0 Å². The maximum atomic E-state index is 12.1. The molecule has 2 aliphatic heterocycles. The first kappa shape index (κ1) is 13.7. The summed E-state index contributed by atoms with van der Waals surface area (Å²) in [7, 11) is 2.02. The van der Waals surface area contributed by atoms with Gasteiger partial charge in [0.25, 0.3) is 11.7 Å². The number of morpholine rings is 1. The first-order valence-electron chi connectivity index (χ1n) is 6.52. The summed E-state index contributed by atoms with van der Waals surface area (Å²) in [5.41, 5.74) is 1.15. The van der Waals surface area contributed by atoms with Crippen molar-refractivity contribution < 1.29 is 14.3 Å². The van der Waals surface area contributed by atoms with E-state index in [1.54, 1.807) is 12.1 Å². The van der Waals surface area contributed by atoms with Gasteiger partial charge in [-0.3, -0.25) is 9.59 Å². The quantitative estimate of drug-likeness (QED) is 0.763. The van der Waals surface area contributed by atoms with E-state index in [0.717, 1.165) is 17.6 Å². The second-order valence-electron chi connectivity index (χ2n) is 5.16. The molecule has 0 spiro atoms. The van der Waals surface area contributed by atoms with Crippen molar-refractivity contribution in [2.75, 3.05) is 38.2 Å². The summed E-state index contributed by atoms with van der Waals surface area (Å²) >= 11 is 3.38. The van der Waals surface area contributed by atoms with Crippen molar-refractivity contribution in [2.24, 2.45) is 0 Å². The molecule has 0 radical (unpaired) electrons. The van der Waals surface area contributed by atoms with Crippen molar-refractivity contribution in [3.05, 3.63) is 28.2 Å². The number of ether oxygens (including phenoxy) is 1. The fraction of sp³-hybridized carbons (Fsp3) is 0.429. The van der Waals surface area contributed by atoms with Crippen molar-refractivity contribution >= 4 is 33.3 Å². The number of hydrogen-bond acceptors (Lipinski definition) is 4. The van der Waals surface area contributed by atoms with Gasteiger partial charge in [0.15, 0.2) is 0 Å². The molecule has 20 heavy (non-hydrogen) atoms. The first-order valence-corrected chi connectivity index (χ1v) is 7.31. The maximum absolute atomic E-state index is 12.1. The third kappa shape index (κ3) is 2.39. The number of nitrogens with zero attached hydrogens (tertiary/aromatic N) is 2. The van der Waals surface area contributed by atoms with Gasteiger partial charge in [-0.05, 0) is 25.2 Å². The normalized spacial score (nSPS) is 23.3. The molecule has 0 saturated carbocycles. The zero-order valence-electron chi connectivity index (χ0n) is 11.1. The highest BCUT2D eigenvalue weighted by Gasteiger charge is 2.37. The number of ketones is 1. The van der Waals surface area contributed by atoms with Crippen molar-refractivity contribution in [1.82, 2.24) is 4.90 Å². The molecule has 6 heteroatoms. The van der Waals surface area contributed by atoms with Crippen LogP contribution < -0.4 is 4.90 Å². The Bertz CT molecular complexity index is 576. The minimum Gasteiger partial charge on any atom is -0.374 e. The summed E-state index contributed by atoms with van der Waals surface area (Å²) in [5, 5.41) is 0. The summed E-state index contributed by atoms with van der Waals surface area (Å²) < 4.78 is 6.53. The predicted octanol–water partition coefficient (Wildman–Crippen LogP) is 1.31. The number of hydrogen-bond donors (Lipinski definition) is 0. The highest BCUT2D eigenvalue weighted by atomic mass is 79.9. The number of Topliss-reactive ketones (excluding diaryl/α,β-unsaturated/α-hetero) is 1. The van der Waals surface area contributed by atoms with Crippen LogP contribution in [0.1, 0.15) is 10.4 Å². The lowest BCUT2D eigenvalue weighted by atomic mass is 10.1. The number of likely N-dealkylation sites (N-methyl/N-ethyl adjacent to an activating group) is 1. The van der Waals surface area contributed by atoms with Gasteiger partial charge in [-0.15, -0.1) is 0 Å². The molecule has 0 bridgehead atoms. The van der Waals surface area contributed by atoms with Crippen LogP contribution in [0.5, 0.6) is 0 Å². The summed E-state index contributed by atoms with van der Waals surface area (Å²) in [6.45, 7) is 2.73. The smallest absolute Gasteiger partial charge is 0.299 e. The van der Waals surface area contributed by atoms with Crippen LogP contribution in [0.25, 0.3) is 0 Å². The minimum absolute atomic E-state index is 0.0598. The first-order chi connectivity index (χ1) is 9.56. The summed E-state index contributed by atoms with van der Waals surface area (Å²) in [5.74, 6) is -0.897. The van der Waals surface area contributed by atoms with Crippen LogP contribution >= 0.6 is 15.9 Å². The van der Waals surface area contributed by atoms with Gasteiger partial charge in [-0.25, -0.2) is 0 Å². The average Bonchev–Trinajstić information content (AvgIpc) is 2.64. The Balaban J connectivity index is 1.85.